The fraction of sp³-hybridized carbons (Fsp3) is 0.278. The summed E-state index contributed by atoms with van der Waals surface area (Å²) in [6.07, 6.45) is 0.401. The highest BCUT2D eigenvalue weighted by molar-refractivity contribution is 5.97. The molecule has 1 atom stereocenters. The highest BCUT2D eigenvalue weighted by atomic mass is 16.5. The molecule has 2 aromatic carbocycles. The molecule has 1 amide bonds. The summed E-state index contributed by atoms with van der Waals surface area (Å²) < 4.78 is 5.21. The zero-order valence-corrected chi connectivity index (χ0v) is 12.4. The number of ether oxygens (including phenoxy) is 1. The monoisotopic (exact) mass is 281 g/mol. The summed E-state index contributed by atoms with van der Waals surface area (Å²) in [4.78, 5) is 14.5. The maximum Gasteiger partial charge on any atom is 0.231 e. The molecule has 1 unspecified atom stereocenters. The molecule has 0 spiro atoms. The third-order valence-corrected chi connectivity index (χ3v) is 4.01. The minimum absolute atomic E-state index is 0.139. The van der Waals surface area contributed by atoms with E-state index in [1.54, 1.807) is 7.11 Å². The fourth-order valence-electron chi connectivity index (χ4n) is 2.91. The normalized spacial score (nSPS) is 16.7. The quantitative estimate of drug-likeness (QED) is 0.863. The molecule has 3 rings (SSSR count). The van der Waals surface area contributed by atoms with Gasteiger partial charge in [0, 0.05) is 18.2 Å². The van der Waals surface area contributed by atoms with Gasteiger partial charge in [-0.05, 0) is 29.3 Å². The van der Waals surface area contributed by atoms with Gasteiger partial charge in [-0.15, -0.1) is 0 Å². The van der Waals surface area contributed by atoms with Crippen LogP contribution in [0.4, 0.5) is 5.69 Å². The van der Waals surface area contributed by atoms with Crippen molar-refractivity contribution >= 4 is 11.6 Å². The number of anilines is 1. The molecule has 1 aliphatic heterocycles. The Morgan fingerprint density at radius 2 is 2.05 bits per heavy atom. The highest BCUT2D eigenvalue weighted by Crippen LogP contribution is 2.35. The van der Waals surface area contributed by atoms with Gasteiger partial charge in [-0.25, -0.2) is 0 Å². The van der Waals surface area contributed by atoms with Crippen molar-refractivity contribution in [3.63, 3.8) is 0 Å². The van der Waals surface area contributed by atoms with Crippen LogP contribution >= 0.6 is 0 Å². The van der Waals surface area contributed by atoms with Crippen molar-refractivity contribution in [2.24, 2.45) is 0 Å². The first-order valence-electron chi connectivity index (χ1n) is 7.21. The van der Waals surface area contributed by atoms with E-state index in [-0.39, 0.29) is 5.91 Å². The molecule has 0 aliphatic carbocycles. The standard InChI is InChI=1S/C18H19NO2/c1-13-12-19(17-9-4-3-8-16(13)17)18(20)11-14-6-5-7-15(10-14)21-2/h3-10,13H,11-12H2,1-2H3. The number of benzene rings is 2. The first-order valence-corrected chi connectivity index (χ1v) is 7.21. The lowest BCUT2D eigenvalue weighted by Gasteiger charge is -2.17. The number of rotatable bonds is 3. The van der Waals surface area contributed by atoms with Gasteiger partial charge in [0.25, 0.3) is 0 Å². The molecular weight excluding hydrogens is 262 g/mol. The Labute approximate surface area is 125 Å². The average Bonchev–Trinajstić information content (AvgIpc) is 2.85. The number of fused-ring (bicyclic) bond motifs is 1. The van der Waals surface area contributed by atoms with Crippen LogP contribution in [0.25, 0.3) is 0 Å². The number of hydrogen-bond acceptors (Lipinski definition) is 2. The van der Waals surface area contributed by atoms with E-state index in [1.165, 1.54) is 5.56 Å². The Morgan fingerprint density at radius 3 is 2.86 bits per heavy atom. The van der Waals surface area contributed by atoms with Crippen LogP contribution < -0.4 is 9.64 Å². The van der Waals surface area contributed by atoms with Crippen molar-refractivity contribution in [2.75, 3.05) is 18.6 Å². The number of hydrogen-bond donors (Lipinski definition) is 0. The van der Waals surface area contributed by atoms with Gasteiger partial charge in [-0.3, -0.25) is 4.79 Å². The molecule has 0 aromatic heterocycles. The molecular formula is C18H19NO2. The van der Waals surface area contributed by atoms with Crippen LogP contribution in [0.2, 0.25) is 0 Å². The fourth-order valence-corrected chi connectivity index (χ4v) is 2.91. The Morgan fingerprint density at radius 1 is 1.24 bits per heavy atom. The van der Waals surface area contributed by atoms with Crippen LogP contribution in [0.1, 0.15) is 24.0 Å². The van der Waals surface area contributed by atoms with Gasteiger partial charge in [-0.1, -0.05) is 37.3 Å². The SMILES string of the molecule is COc1cccc(CC(=O)N2CC(C)c3ccccc32)c1. The predicted molar refractivity (Wildman–Crippen MR) is 83.9 cm³/mol. The van der Waals surface area contributed by atoms with E-state index in [4.69, 9.17) is 4.74 Å². The molecule has 1 aliphatic rings. The predicted octanol–water partition coefficient (Wildman–Crippen LogP) is 3.39. The molecule has 108 valence electrons. The number of para-hydroxylation sites is 1. The molecule has 3 heteroatoms. The van der Waals surface area contributed by atoms with E-state index >= 15 is 0 Å². The van der Waals surface area contributed by atoms with Crippen LogP contribution in [0, 0.1) is 0 Å². The molecule has 0 saturated heterocycles. The maximum absolute atomic E-state index is 12.6. The summed E-state index contributed by atoms with van der Waals surface area (Å²) in [6.45, 7) is 2.93. The lowest BCUT2D eigenvalue weighted by molar-refractivity contribution is -0.117. The minimum Gasteiger partial charge on any atom is -0.497 e. The van der Waals surface area contributed by atoms with Crippen molar-refractivity contribution in [1.29, 1.82) is 0 Å². The molecule has 0 bridgehead atoms. The second-order valence-corrected chi connectivity index (χ2v) is 5.49. The van der Waals surface area contributed by atoms with Gasteiger partial charge in [-0.2, -0.15) is 0 Å². The largest absolute Gasteiger partial charge is 0.497 e. The number of carbonyl (C=O) groups is 1. The van der Waals surface area contributed by atoms with Gasteiger partial charge in [0.2, 0.25) is 5.91 Å². The van der Waals surface area contributed by atoms with Crippen molar-refractivity contribution in [3.05, 3.63) is 59.7 Å². The molecule has 21 heavy (non-hydrogen) atoms. The van der Waals surface area contributed by atoms with Crippen LogP contribution in [0.5, 0.6) is 5.75 Å². The Hall–Kier alpha value is -2.29. The zero-order chi connectivity index (χ0) is 14.8. The van der Waals surface area contributed by atoms with E-state index in [0.717, 1.165) is 23.5 Å². The van der Waals surface area contributed by atoms with Gasteiger partial charge in [0.1, 0.15) is 5.75 Å². The third-order valence-electron chi connectivity index (χ3n) is 4.01. The summed E-state index contributed by atoms with van der Waals surface area (Å²) in [5.74, 6) is 1.33. The van der Waals surface area contributed by atoms with Crippen LogP contribution in [0.3, 0.4) is 0 Å². The summed E-state index contributed by atoms with van der Waals surface area (Å²) >= 11 is 0. The third kappa shape index (κ3) is 2.64. The number of carbonyl (C=O) groups excluding carboxylic acids is 1. The van der Waals surface area contributed by atoms with Gasteiger partial charge in [0.05, 0.1) is 13.5 Å². The lowest BCUT2D eigenvalue weighted by Crippen LogP contribution is -2.30. The minimum atomic E-state index is 0.139. The summed E-state index contributed by atoms with van der Waals surface area (Å²) in [5.41, 5.74) is 3.30. The van der Waals surface area contributed by atoms with Crippen LogP contribution in [0.15, 0.2) is 48.5 Å². The summed E-state index contributed by atoms with van der Waals surface area (Å²) in [5, 5.41) is 0. The summed E-state index contributed by atoms with van der Waals surface area (Å²) in [6, 6.07) is 15.9. The van der Waals surface area contributed by atoms with Crippen molar-refractivity contribution < 1.29 is 9.53 Å². The smallest absolute Gasteiger partial charge is 0.231 e. The van der Waals surface area contributed by atoms with Gasteiger partial charge < -0.3 is 9.64 Å². The first-order chi connectivity index (χ1) is 10.2. The molecule has 0 radical (unpaired) electrons. The van der Waals surface area contributed by atoms with E-state index in [2.05, 4.69) is 13.0 Å². The van der Waals surface area contributed by atoms with Crippen LogP contribution in [-0.4, -0.2) is 19.6 Å². The summed E-state index contributed by atoms with van der Waals surface area (Å²) in [7, 11) is 1.64. The zero-order valence-electron chi connectivity index (χ0n) is 12.4. The molecule has 1 heterocycles. The number of amides is 1. The van der Waals surface area contributed by atoms with Crippen molar-refractivity contribution in [2.45, 2.75) is 19.3 Å². The number of methoxy groups -OCH3 is 1. The maximum atomic E-state index is 12.6. The second kappa shape index (κ2) is 5.60. The van der Waals surface area contributed by atoms with E-state index in [0.29, 0.717) is 12.3 Å². The van der Waals surface area contributed by atoms with E-state index in [9.17, 15) is 4.79 Å². The first kappa shape index (κ1) is 13.7. The molecule has 2 aromatic rings. The van der Waals surface area contributed by atoms with E-state index < -0.39 is 0 Å². The Kier molecular flexibility index (Phi) is 3.65. The van der Waals surface area contributed by atoms with Gasteiger partial charge in [0.15, 0.2) is 0 Å². The molecule has 0 fully saturated rings. The van der Waals surface area contributed by atoms with Gasteiger partial charge >= 0.3 is 0 Å². The molecule has 0 N–H and O–H groups in total. The Bertz CT molecular complexity index is 666. The van der Waals surface area contributed by atoms with E-state index in [1.807, 2.05) is 47.4 Å². The topological polar surface area (TPSA) is 29.5 Å². The van der Waals surface area contributed by atoms with Crippen molar-refractivity contribution in [3.8, 4) is 5.75 Å². The van der Waals surface area contributed by atoms with Crippen molar-refractivity contribution in [1.82, 2.24) is 0 Å². The molecule has 3 nitrogen and oxygen atoms in total. The number of nitrogens with zero attached hydrogens (tertiary/aromatic N) is 1. The lowest BCUT2D eigenvalue weighted by atomic mass is 10.0. The Balaban J connectivity index is 1.80. The molecule has 0 saturated carbocycles. The van der Waals surface area contributed by atoms with Crippen LogP contribution in [-0.2, 0) is 11.2 Å². The highest BCUT2D eigenvalue weighted by Gasteiger charge is 2.29. The average molecular weight is 281 g/mol. The second-order valence-electron chi connectivity index (χ2n) is 5.49.